The zero-order chi connectivity index (χ0) is 15.5. The number of benzene rings is 2. The lowest BCUT2D eigenvalue weighted by Gasteiger charge is -2.23. The molecule has 2 rings (SSSR count). The van der Waals surface area contributed by atoms with E-state index in [4.69, 9.17) is 0 Å². The summed E-state index contributed by atoms with van der Waals surface area (Å²) in [6, 6.07) is 14.2. The number of hydrogen-bond acceptors (Lipinski definition) is 2. The number of anilines is 2. The second kappa shape index (κ2) is 5.91. The molecule has 0 saturated heterocycles. The quantitative estimate of drug-likeness (QED) is 0.935. The maximum Gasteiger partial charge on any atom is 0.352 e. The maximum absolute atomic E-state index is 14.4. The van der Waals surface area contributed by atoms with Crippen LogP contribution in [-0.2, 0) is 10.7 Å². The molecule has 2 aromatic rings. The van der Waals surface area contributed by atoms with Crippen molar-refractivity contribution in [3.8, 4) is 0 Å². The number of rotatable bonds is 4. The molecule has 0 heterocycles. The highest BCUT2D eigenvalue weighted by Gasteiger charge is 2.43. The van der Waals surface area contributed by atoms with Gasteiger partial charge in [-0.2, -0.15) is 8.78 Å². The van der Waals surface area contributed by atoms with Crippen LogP contribution in [0.2, 0.25) is 0 Å². The summed E-state index contributed by atoms with van der Waals surface area (Å²) >= 11 is 0. The molecule has 1 N–H and O–H groups in total. The summed E-state index contributed by atoms with van der Waals surface area (Å²) in [5.74, 6) is -4.96. The summed E-state index contributed by atoms with van der Waals surface area (Å²) in [5, 5.41) is 2.24. The van der Waals surface area contributed by atoms with Gasteiger partial charge in [-0.05, 0) is 18.2 Å². The van der Waals surface area contributed by atoms with Gasteiger partial charge in [0.25, 0.3) is 5.91 Å². The van der Waals surface area contributed by atoms with Crippen molar-refractivity contribution in [1.29, 1.82) is 0 Å². The van der Waals surface area contributed by atoms with Gasteiger partial charge in [0, 0.05) is 25.5 Å². The summed E-state index contributed by atoms with van der Waals surface area (Å²) in [5.41, 5.74) is 0.332. The molecule has 0 saturated carbocycles. The van der Waals surface area contributed by atoms with E-state index in [-0.39, 0.29) is 5.56 Å². The van der Waals surface area contributed by atoms with Gasteiger partial charge in [0.2, 0.25) is 0 Å². The van der Waals surface area contributed by atoms with Crippen LogP contribution in [0.25, 0.3) is 0 Å². The monoisotopic (exact) mass is 290 g/mol. The first-order valence-electron chi connectivity index (χ1n) is 6.44. The van der Waals surface area contributed by atoms with Crippen LogP contribution >= 0.6 is 0 Å². The van der Waals surface area contributed by atoms with Gasteiger partial charge in [0.1, 0.15) is 0 Å². The number of nitrogens with one attached hydrogen (secondary N) is 1. The van der Waals surface area contributed by atoms with Crippen molar-refractivity contribution in [3.63, 3.8) is 0 Å². The van der Waals surface area contributed by atoms with E-state index in [0.29, 0.717) is 11.4 Å². The Bertz CT molecular complexity index is 627. The van der Waals surface area contributed by atoms with Gasteiger partial charge in [0.05, 0.1) is 5.56 Å². The molecule has 0 aliphatic carbocycles. The second-order valence-corrected chi connectivity index (χ2v) is 4.81. The Hall–Kier alpha value is -2.43. The molecule has 0 atom stereocenters. The average molecular weight is 290 g/mol. The highest BCUT2D eigenvalue weighted by Crippen LogP contribution is 2.35. The number of halogens is 2. The van der Waals surface area contributed by atoms with Crippen molar-refractivity contribution in [3.05, 3.63) is 60.2 Å². The predicted octanol–water partition coefficient (Wildman–Crippen LogP) is 3.48. The number of alkyl halides is 2. The maximum atomic E-state index is 14.4. The second-order valence-electron chi connectivity index (χ2n) is 4.81. The van der Waals surface area contributed by atoms with Crippen LogP contribution in [0, 0.1) is 0 Å². The molecule has 110 valence electrons. The summed E-state index contributed by atoms with van der Waals surface area (Å²) < 4.78 is 28.8. The first kappa shape index (κ1) is 15.0. The van der Waals surface area contributed by atoms with E-state index in [1.165, 1.54) is 12.1 Å². The minimum Gasteiger partial charge on any atom is -0.377 e. The van der Waals surface area contributed by atoms with Crippen molar-refractivity contribution >= 4 is 17.3 Å². The van der Waals surface area contributed by atoms with Gasteiger partial charge >= 0.3 is 5.92 Å². The molecule has 2 aromatic carbocycles. The van der Waals surface area contributed by atoms with Crippen LogP contribution in [0.3, 0.4) is 0 Å². The van der Waals surface area contributed by atoms with E-state index in [2.05, 4.69) is 5.32 Å². The molecule has 0 aromatic heterocycles. The van der Waals surface area contributed by atoms with E-state index in [0.717, 1.165) is 0 Å². The Morgan fingerprint density at radius 1 is 1.00 bits per heavy atom. The van der Waals surface area contributed by atoms with Crippen LogP contribution in [0.5, 0.6) is 0 Å². The summed E-state index contributed by atoms with van der Waals surface area (Å²) in [6.07, 6.45) is 0. The van der Waals surface area contributed by atoms with Gasteiger partial charge in [-0.25, -0.2) is 0 Å². The van der Waals surface area contributed by atoms with Crippen LogP contribution in [0.15, 0.2) is 54.6 Å². The zero-order valence-electron chi connectivity index (χ0n) is 11.8. The Morgan fingerprint density at radius 2 is 1.57 bits per heavy atom. The first-order valence-corrected chi connectivity index (χ1v) is 6.44. The van der Waals surface area contributed by atoms with Gasteiger partial charge in [-0.3, -0.25) is 4.79 Å². The average Bonchev–Trinajstić information content (AvgIpc) is 2.48. The Morgan fingerprint density at radius 3 is 2.19 bits per heavy atom. The molecule has 0 fully saturated rings. The van der Waals surface area contributed by atoms with Crippen molar-refractivity contribution in [2.45, 2.75) is 5.92 Å². The van der Waals surface area contributed by atoms with Crippen molar-refractivity contribution < 1.29 is 13.6 Å². The first-order chi connectivity index (χ1) is 9.93. The zero-order valence-corrected chi connectivity index (χ0v) is 11.8. The summed E-state index contributed by atoms with van der Waals surface area (Å²) in [7, 11) is 3.31. The smallest absolute Gasteiger partial charge is 0.352 e. The van der Waals surface area contributed by atoms with Gasteiger partial charge in [-0.1, -0.05) is 36.4 Å². The van der Waals surface area contributed by atoms with E-state index in [9.17, 15) is 13.6 Å². The summed E-state index contributed by atoms with van der Waals surface area (Å²) in [6.45, 7) is 0. The molecular weight excluding hydrogens is 274 g/mol. The molecule has 1 amide bonds. The van der Waals surface area contributed by atoms with Crippen LogP contribution in [0.4, 0.5) is 20.2 Å². The van der Waals surface area contributed by atoms with Crippen LogP contribution in [-0.4, -0.2) is 20.0 Å². The summed E-state index contributed by atoms with van der Waals surface area (Å²) in [4.78, 5) is 13.5. The van der Waals surface area contributed by atoms with Crippen LogP contribution < -0.4 is 10.2 Å². The van der Waals surface area contributed by atoms with Gasteiger partial charge < -0.3 is 10.2 Å². The molecule has 3 nitrogen and oxygen atoms in total. The lowest BCUT2D eigenvalue weighted by Crippen LogP contribution is -2.33. The number of carbonyl (C=O) groups is 1. The third-order valence-electron chi connectivity index (χ3n) is 3.04. The molecule has 0 radical (unpaired) electrons. The normalized spacial score (nSPS) is 11.0. The van der Waals surface area contributed by atoms with E-state index >= 15 is 0 Å². The molecule has 0 aliphatic heterocycles. The largest absolute Gasteiger partial charge is 0.377 e. The van der Waals surface area contributed by atoms with Crippen molar-refractivity contribution in [2.24, 2.45) is 0 Å². The Balaban J connectivity index is 2.31. The van der Waals surface area contributed by atoms with Crippen LogP contribution in [0.1, 0.15) is 5.56 Å². The number of nitrogens with zero attached hydrogens (tertiary/aromatic N) is 1. The number of amides is 1. The topological polar surface area (TPSA) is 32.3 Å². The van der Waals surface area contributed by atoms with E-state index in [1.807, 2.05) is 0 Å². The molecule has 0 bridgehead atoms. The molecule has 21 heavy (non-hydrogen) atoms. The predicted molar refractivity (Wildman–Crippen MR) is 79.7 cm³/mol. The van der Waals surface area contributed by atoms with Gasteiger partial charge in [-0.15, -0.1) is 0 Å². The lowest BCUT2D eigenvalue weighted by molar-refractivity contribution is -0.140. The van der Waals surface area contributed by atoms with Crippen molar-refractivity contribution in [2.75, 3.05) is 24.3 Å². The van der Waals surface area contributed by atoms with E-state index in [1.54, 1.807) is 61.5 Å². The SMILES string of the molecule is CN(C)c1ccccc1C(F)(F)C(=O)Nc1ccccc1. The fourth-order valence-corrected chi connectivity index (χ4v) is 1.98. The molecule has 0 aliphatic rings. The third kappa shape index (κ3) is 3.18. The van der Waals surface area contributed by atoms with Crippen molar-refractivity contribution in [1.82, 2.24) is 0 Å². The minimum absolute atomic E-state index is 0.311. The minimum atomic E-state index is -3.61. The molecule has 0 spiro atoms. The fourth-order valence-electron chi connectivity index (χ4n) is 1.98. The Labute approximate surface area is 122 Å². The highest BCUT2D eigenvalue weighted by molar-refractivity contribution is 5.97. The highest BCUT2D eigenvalue weighted by atomic mass is 19.3. The third-order valence-corrected chi connectivity index (χ3v) is 3.04. The number of hydrogen-bond donors (Lipinski definition) is 1. The lowest BCUT2D eigenvalue weighted by atomic mass is 10.0. The standard InChI is InChI=1S/C16H16F2N2O/c1-20(2)14-11-7-6-10-13(14)16(17,18)15(21)19-12-8-4-3-5-9-12/h3-11H,1-2H3,(H,19,21). The molecule has 0 unspecified atom stereocenters. The Kier molecular flexibility index (Phi) is 4.21. The molecule has 5 heteroatoms. The number of carbonyl (C=O) groups excluding carboxylic acids is 1. The fraction of sp³-hybridized carbons (Fsp3) is 0.188. The van der Waals surface area contributed by atoms with Gasteiger partial charge in [0.15, 0.2) is 0 Å². The van der Waals surface area contributed by atoms with E-state index < -0.39 is 11.8 Å². The number of para-hydroxylation sites is 2. The molecular formula is C16H16F2N2O.